The van der Waals surface area contributed by atoms with Crippen molar-refractivity contribution in [1.29, 1.82) is 0 Å². The lowest BCUT2D eigenvalue weighted by Gasteiger charge is -2.49. The van der Waals surface area contributed by atoms with Crippen LogP contribution in [0.15, 0.2) is 18.2 Å². The number of fused-ring (bicyclic) bond motifs is 4. The molecule has 4 rings (SSSR count). The molecule has 0 unspecified atom stereocenters. The Morgan fingerprint density at radius 3 is 2.71 bits per heavy atom. The minimum atomic E-state index is 0.786. The third kappa shape index (κ3) is 2.38. The van der Waals surface area contributed by atoms with Crippen LogP contribution in [0.5, 0.6) is 0 Å². The molecule has 2 nitrogen and oxygen atoms in total. The third-order valence-electron chi connectivity index (χ3n) is 6.10. The van der Waals surface area contributed by atoms with Crippen LogP contribution in [-0.4, -0.2) is 38.1 Å². The molecule has 1 saturated carbocycles. The van der Waals surface area contributed by atoms with E-state index in [9.17, 15) is 0 Å². The topological polar surface area (TPSA) is 6.48 Å². The molecule has 114 valence electrons. The van der Waals surface area contributed by atoms with Crippen LogP contribution >= 0.6 is 0 Å². The summed E-state index contributed by atoms with van der Waals surface area (Å²) >= 11 is 0. The molecule has 21 heavy (non-hydrogen) atoms. The highest BCUT2D eigenvalue weighted by Crippen LogP contribution is 2.45. The molecule has 2 heteroatoms. The Morgan fingerprint density at radius 1 is 1.19 bits per heavy atom. The van der Waals surface area contributed by atoms with Crippen molar-refractivity contribution in [2.45, 2.75) is 44.6 Å². The van der Waals surface area contributed by atoms with Gasteiger partial charge < -0.3 is 4.90 Å². The average molecular weight is 284 g/mol. The van der Waals surface area contributed by atoms with Crippen LogP contribution in [0.3, 0.4) is 0 Å². The first-order chi connectivity index (χ1) is 10.1. The first-order valence-corrected chi connectivity index (χ1v) is 8.67. The van der Waals surface area contributed by atoms with Gasteiger partial charge in [-0.05, 0) is 73.2 Å². The predicted octanol–water partition coefficient (Wildman–Crippen LogP) is 3.51. The molecule has 1 aliphatic heterocycles. The summed E-state index contributed by atoms with van der Waals surface area (Å²) in [5.74, 6) is 2.63. The summed E-state index contributed by atoms with van der Waals surface area (Å²) < 4.78 is 0. The number of hydrogen-bond acceptors (Lipinski definition) is 2. The van der Waals surface area contributed by atoms with Crippen LogP contribution in [0.1, 0.15) is 43.2 Å². The van der Waals surface area contributed by atoms with E-state index in [-0.39, 0.29) is 0 Å². The number of anilines is 1. The first-order valence-electron chi connectivity index (χ1n) is 8.67. The summed E-state index contributed by atoms with van der Waals surface area (Å²) in [4.78, 5) is 5.06. The van der Waals surface area contributed by atoms with Gasteiger partial charge in [-0.3, -0.25) is 4.90 Å². The van der Waals surface area contributed by atoms with Gasteiger partial charge in [0.15, 0.2) is 0 Å². The molecular formula is C19H28N2. The minimum Gasteiger partial charge on any atom is -0.378 e. The minimum absolute atomic E-state index is 0.786. The van der Waals surface area contributed by atoms with E-state index in [0.29, 0.717) is 0 Å². The van der Waals surface area contributed by atoms with Crippen LogP contribution in [0.2, 0.25) is 0 Å². The fraction of sp³-hybridized carbons (Fsp3) is 0.684. The van der Waals surface area contributed by atoms with Crippen LogP contribution < -0.4 is 4.90 Å². The van der Waals surface area contributed by atoms with Crippen molar-refractivity contribution in [1.82, 2.24) is 4.90 Å². The summed E-state index contributed by atoms with van der Waals surface area (Å²) in [6.45, 7) is 5.19. The second-order valence-corrected chi connectivity index (χ2v) is 7.74. The highest BCUT2D eigenvalue weighted by atomic mass is 15.2. The molecule has 1 saturated heterocycles. The molecule has 2 aliphatic carbocycles. The summed E-state index contributed by atoms with van der Waals surface area (Å²) in [5, 5.41) is 0. The first kappa shape index (κ1) is 13.6. The van der Waals surface area contributed by atoms with E-state index >= 15 is 0 Å². The molecule has 3 atom stereocenters. The van der Waals surface area contributed by atoms with Crippen molar-refractivity contribution in [3.63, 3.8) is 0 Å². The van der Waals surface area contributed by atoms with E-state index in [1.807, 2.05) is 0 Å². The lowest BCUT2D eigenvalue weighted by Crippen LogP contribution is -2.51. The number of piperidine rings is 1. The Hall–Kier alpha value is -1.02. The zero-order valence-corrected chi connectivity index (χ0v) is 13.7. The largest absolute Gasteiger partial charge is 0.378 e. The van der Waals surface area contributed by atoms with Crippen LogP contribution in [0, 0.1) is 11.8 Å². The van der Waals surface area contributed by atoms with Crippen molar-refractivity contribution >= 4 is 5.69 Å². The number of likely N-dealkylation sites (tertiary alicyclic amines) is 1. The van der Waals surface area contributed by atoms with Gasteiger partial charge >= 0.3 is 0 Å². The van der Waals surface area contributed by atoms with Gasteiger partial charge in [0.25, 0.3) is 0 Å². The van der Waals surface area contributed by atoms with Crippen molar-refractivity contribution in [3.8, 4) is 0 Å². The van der Waals surface area contributed by atoms with Crippen molar-refractivity contribution in [3.05, 3.63) is 29.3 Å². The Kier molecular flexibility index (Phi) is 3.25. The number of benzene rings is 1. The molecule has 2 bridgehead atoms. The zero-order chi connectivity index (χ0) is 14.6. The second-order valence-electron chi connectivity index (χ2n) is 7.74. The quantitative estimate of drug-likeness (QED) is 0.838. The van der Waals surface area contributed by atoms with E-state index in [1.54, 1.807) is 11.1 Å². The lowest BCUT2D eigenvalue weighted by atomic mass is 9.68. The molecule has 2 fully saturated rings. The van der Waals surface area contributed by atoms with Gasteiger partial charge in [-0.15, -0.1) is 0 Å². The van der Waals surface area contributed by atoms with E-state index in [2.05, 4.69) is 49.0 Å². The standard InChI is InChI=1S/C19H28N2/c1-13-17-8-9-21(12-14-4-5-14)19(13)10-15-6-7-16(20(2)3)11-18(15)17/h6-7,11,13-14,17,19H,4-5,8-10,12H2,1-3H3/t13-,17-,19-/m0/s1. The number of nitrogens with zero attached hydrogens (tertiary/aromatic N) is 2. The molecule has 1 heterocycles. The monoisotopic (exact) mass is 284 g/mol. The number of rotatable bonds is 3. The molecule has 0 radical (unpaired) electrons. The van der Waals surface area contributed by atoms with Crippen molar-refractivity contribution in [2.75, 3.05) is 32.1 Å². The van der Waals surface area contributed by atoms with E-state index in [0.717, 1.165) is 23.8 Å². The molecule has 3 aliphatic rings. The zero-order valence-electron chi connectivity index (χ0n) is 13.7. The summed E-state index contributed by atoms with van der Waals surface area (Å²) in [7, 11) is 4.30. The van der Waals surface area contributed by atoms with Crippen LogP contribution in [-0.2, 0) is 6.42 Å². The van der Waals surface area contributed by atoms with E-state index in [1.165, 1.54) is 44.5 Å². The Morgan fingerprint density at radius 2 is 2.00 bits per heavy atom. The molecular weight excluding hydrogens is 256 g/mol. The third-order valence-corrected chi connectivity index (χ3v) is 6.10. The van der Waals surface area contributed by atoms with Gasteiger partial charge in [0.05, 0.1) is 0 Å². The van der Waals surface area contributed by atoms with Gasteiger partial charge in [-0.1, -0.05) is 13.0 Å². The Balaban J connectivity index is 1.64. The fourth-order valence-corrected chi connectivity index (χ4v) is 4.56. The summed E-state index contributed by atoms with van der Waals surface area (Å²) in [6, 6.07) is 7.96. The molecule has 1 aromatic rings. The van der Waals surface area contributed by atoms with Gasteiger partial charge in [-0.2, -0.15) is 0 Å². The highest BCUT2D eigenvalue weighted by Gasteiger charge is 2.42. The predicted molar refractivity (Wildman–Crippen MR) is 89.1 cm³/mol. The van der Waals surface area contributed by atoms with E-state index in [4.69, 9.17) is 0 Å². The maximum absolute atomic E-state index is 2.82. The van der Waals surface area contributed by atoms with Crippen LogP contribution in [0.4, 0.5) is 5.69 Å². The Labute approximate surface area is 129 Å². The van der Waals surface area contributed by atoms with Crippen molar-refractivity contribution in [2.24, 2.45) is 11.8 Å². The van der Waals surface area contributed by atoms with Crippen molar-refractivity contribution < 1.29 is 0 Å². The van der Waals surface area contributed by atoms with E-state index < -0.39 is 0 Å². The normalized spacial score (nSPS) is 31.9. The molecule has 0 aromatic heterocycles. The van der Waals surface area contributed by atoms with Gasteiger partial charge in [-0.25, -0.2) is 0 Å². The SMILES string of the molecule is C[C@H]1[C@@H]2CCN(CC3CC3)[C@H]1Cc1ccc(N(C)C)cc12. The second kappa shape index (κ2) is 5.01. The van der Waals surface area contributed by atoms with Gasteiger partial charge in [0.2, 0.25) is 0 Å². The fourth-order valence-electron chi connectivity index (χ4n) is 4.56. The Bertz CT molecular complexity index is 532. The van der Waals surface area contributed by atoms with Gasteiger partial charge in [0, 0.05) is 32.4 Å². The molecule has 1 aromatic carbocycles. The van der Waals surface area contributed by atoms with Gasteiger partial charge in [0.1, 0.15) is 0 Å². The molecule has 0 N–H and O–H groups in total. The maximum atomic E-state index is 2.82. The lowest BCUT2D eigenvalue weighted by molar-refractivity contribution is 0.0699. The smallest absolute Gasteiger partial charge is 0.0364 e. The molecule has 0 spiro atoms. The number of hydrogen-bond donors (Lipinski definition) is 0. The highest BCUT2D eigenvalue weighted by molar-refractivity contribution is 5.52. The van der Waals surface area contributed by atoms with Crippen LogP contribution in [0.25, 0.3) is 0 Å². The average Bonchev–Trinajstić information content (AvgIpc) is 3.26. The molecule has 0 amide bonds. The summed E-state index contributed by atoms with van der Waals surface area (Å²) in [6.07, 6.45) is 5.58. The maximum Gasteiger partial charge on any atom is 0.0364 e. The summed E-state index contributed by atoms with van der Waals surface area (Å²) in [5.41, 5.74) is 4.63.